The first-order valence-electron chi connectivity index (χ1n) is 4.75. The van der Waals surface area contributed by atoms with E-state index in [9.17, 15) is 4.79 Å². The summed E-state index contributed by atoms with van der Waals surface area (Å²) >= 11 is 3.46. The van der Waals surface area contributed by atoms with Crippen molar-refractivity contribution in [3.63, 3.8) is 0 Å². The predicted molar refractivity (Wildman–Crippen MR) is 55.1 cm³/mol. The molecule has 0 bridgehead atoms. The summed E-state index contributed by atoms with van der Waals surface area (Å²) in [5, 5.41) is 1.05. The molecule has 1 rings (SSSR count). The van der Waals surface area contributed by atoms with Gasteiger partial charge in [0.2, 0.25) is 0 Å². The maximum absolute atomic E-state index is 11.3. The lowest BCUT2D eigenvalue weighted by Gasteiger charge is -2.30. The van der Waals surface area contributed by atoms with Crippen LogP contribution in [0, 0.1) is 5.92 Å². The number of likely N-dealkylation sites (tertiary alicyclic amines) is 1. The van der Waals surface area contributed by atoms with E-state index in [1.165, 1.54) is 0 Å². The fourth-order valence-corrected chi connectivity index (χ4v) is 2.13. The van der Waals surface area contributed by atoms with Crippen molar-refractivity contribution >= 4 is 22.0 Å². The molecule has 1 amide bonds. The highest BCUT2D eigenvalue weighted by Crippen LogP contribution is 2.19. The average Bonchev–Trinajstić information content (AvgIpc) is 2.18. The van der Waals surface area contributed by atoms with Crippen molar-refractivity contribution in [2.45, 2.75) is 19.8 Å². The summed E-state index contributed by atoms with van der Waals surface area (Å²) in [4.78, 5) is 13.1. The van der Waals surface area contributed by atoms with Crippen molar-refractivity contribution in [3.8, 4) is 0 Å². The molecule has 0 atom stereocenters. The summed E-state index contributed by atoms with van der Waals surface area (Å²) in [6.45, 7) is 3.99. The number of hydrogen-bond acceptors (Lipinski definition) is 2. The van der Waals surface area contributed by atoms with E-state index in [1.807, 2.05) is 6.92 Å². The first-order valence-corrected chi connectivity index (χ1v) is 5.87. The lowest BCUT2D eigenvalue weighted by Crippen LogP contribution is -2.39. The standard InChI is InChI=1S/C9H16BrNO2/c1-2-13-9(12)11-5-3-8(7-10)4-6-11/h8H,2-7H2,1H3. The van der Waals surface area contributed by atoms with Gasteiger partial charge in [-0.25, -0.2) is 4.79 Å². The summed E-state index contributed by atoms with van der Waals surface area (Å²) in [5.74, 6) is 0.727. The highest BCUT2D eigenvalue weighted by atomic mass is 79.9. The summed E-state index contributed by atoms with van der Waals surface area (Å²) in [6.07, 6.45) is 2.02. The van der Waals surface area contributed by atoms with E-state index in [0.717, 1.165) is 37.2 Å². The van der Waals surface area contributed by atoms with Crippen LogP contribution in [0.5, 0.6) is 0 Å². The molecule has 0 spiro atoms. The minimum atomic E-state index is -0.157. The molecule has 0 unspecified atom stereocenters. The molecule has 0 radical (unpaired) electrons. The van der Waals surface area contributed by atoms with Gasteiger partial charge in [0.05, 0.1) is 6.61 Å². The van der Waals surface area contributed by atoms with Crippen LogP contribution in [-0.2, 0) is 4.74 Å². The van der Waals surface area contributed by atoms with Crippen LogP contribution in [0.4, 0.5) is 4.79 Å². The molecule has 0 aromatic carbocycles. The smallest absolute Gasteiger partial charge is 0.409 e. The van der Waals surface area contributed by atoms with Crippen LogP contribution in [0.25, 0.3) is 0 Å². The zero-order valence-corrected chi connectivity index (χ0v) is 9.55. The van der Waals surface area contributed by atoms with Crippen LogP contribution in [0.2, 0.25) is 0 Å². The Hall–Kier alpha value is -0.250. The zero-order valence-electron chi connectivity index (χ0n) is 7.96. The van der Waals surface area contributed by atoms with Gasteiger partial charge in [-0.15, -0.1) is 0 Å². The fourth-order valence-electron chi connectivity index (χ4n) is 1.48. The van der Waals surface area contributed by atoms with E-state index in [-0.39, 0.29) is 6.09 Å². The number of halogens is 1. The van der Waals surface area contributed by atoms with Crippen LogP contribution in [0.15, 0.2) is 0 Å². The molecule has 0 aromatic heterocycles. The number of hydrogen-bond donors (Lipinski definition) is 0. The van der Waals surface area contributed by atoms with E-state index in [0.29, 0.717) is 6.61 Å². The van der Waals surface area contributed by atoms with Crippen molar-refractivity contribution in [2.24, 2.45) is 5.92 Å². The van der Waals surface area contributed by atoms with Crippen LogP contribution in [-0.4, -0.2) is 36.0 Å². The summed E-state index contributed by atoms with van der Waals surface area (Å²) in [7, 11) is 0. The zero-order chi connectivity index (χ0) is 9.68. The van der Waals surface area contributed by atoms with Crippen molar-refractivity contribution in [3.05, 3.63) is 0 Å². The SMILES string of the molecule is CCOC(=O)N1CCC(CBr)CC1. The second-order valence-electron chi connectivity index (χ2n) is 3.28. The third-order valence-corrected chi connectivity index (χ3v) is 3.27. The lowest BCUT2D eigenvalue weighted by atomic mass is 10.00. The maximum Gasteiger partial charge on any atom is 0.409 e. The van der Waals surface area contributed by atoms with E-state index < -0.39 is 0 Å². The number of amides is 1. The van der Waals surface area contributed by atoms with Gasteiger partial charge in [0, 0.05) is 18.4 Å². The van der Waals surface area contributed by atoms with Crippen LogP contribution >= 0.6 is 15.9 Å². The van der Waals surface area contributed by atoms with Crippen LogP contribution in [0.1, 0.15) is 19.8 Å². The second kappa shape index (κ2) is 5.47. The Kier molecular flexibility index (Phi) is 4.56. The fraction of sp³-hybridized carbons (Fsp3) is 0.889. The van der Waals surface area contributed by atoms with Gasteiger partial charge in [0.25, 0.3) is 0 Å². The summed E-state index contributed by atoms with van der Waals surface area (Å²) in [6, 6.07) is 0. The second-order valence-corrected chi connectivity index (χ2v) is 3.93. The van der Waals surface area contributed by atoms with Crippen LogP contribution < -0.4 is 0 Å². The molecule has 3 nitrogen and oxygen atoms in total. The number of rotatable bonds is 2. The normalized spacial score (nSPS) is 18.8. The van der Waals surface area contributed by atoms with E-state index in [1.54, 1.807) is 4.90 Å². The lowest BCUT2D eigenvalue weighted by molar-refractivity contribution is 0.0938. The molecular formula is C9H16BrNO2. The first-order chi connectivity index (χ1) is 6.27. The molecule has 0 N–H and O–H groups in total. The van der Waals surface area contributed by atoms with Crippen molar-refractivity contribution in [1.82, 2.24) is 4.90 Å². The molecular weight excluding hydrogens is 234 g/mol. The third-order valence-electron chi connectivity index (χ3n) is 2.36. The Morgan fingerprint density at radius 2 is 2.15 bits per heavy atom. The molecule has 1 aliphatic heterocycles. The number of carbonyl (C=O) groups is 1. The van der Waals surface area contributed by atoms with Gasteiger partial charge in [0.1, 0.15) is 0 Å². The van der Waals surface area contributed by atoms with E-state index >= 15 is 0 Å². The summed E-state index contributed by atoms with van der Waals surface area (Å²) < 4.78 is 4.93. The highest BCUT2D eigenvalue weighted by molar-refractivity contribution is 9.09. The van der Waals surface area contributed by atoms with Gasteiger partial charge < -0.3 is 9.64 Å². The summed E-state index contributed by atoms with van der Waals surface area (Å²) in [5.41, 5.74) is 0. The van der Waals surface area contributed by atoms with Crippen molar-refractivity contribution in [2.75, 3.05) is 25.0 Å². The highest BCUT2D eigenvalue weighted by Gasteiger charge is 2.22. The minimum absolute atomic E-state index is 0.157. The predicted octanol–water partition coefficient (Wildman–Crippen LogP) is 2.25. The van der Waals surface area contributed by atoms with Crippen molar-refractivity contribution in [1.29, 1.82) is 0 Å². The van der Waals surface area contributed by atoms with Gasteiger partial charge in [-0.3, -0.25) is 0 Å². The number of ether oxygens (including phenoxy) is 1. The van der Waals surface area contributed by atoms with E-state index in [4.69, 9.17) is 4.74 Å². The number of piperidine rings is 1. The number of carbonyl (C=O) groups excluding carboxylic acids is 1. The Bertz CT molecular complexity index is 167. The Morgan fingerprint density at radius 3 is 2.62 bits per heavy atom. The molecule has 0 saturated carbocycles. The van der Waals surface area contributed by atoms with E-state index in [2.05, 4.69) is 15.9 Å². The molecule has 4 heteroatoms. The van der Waals surface area contributed by atoms with Gasteiger partial charge in [0.15, 0.2) is 0 Å². The van der Waals surface area contributed by atoms with Gasteiger partial charge in [-0.05, 0) is 25.7 Å². The molecule has 13 heavy (non-hydrogen) atoms. The molecule has 1 saturated heterocycles. The number of nitrogens with zero attached hydrogens (tertiary/aromatic N) is 1. The molecule has 76 valence electrons. The Morgan fingerprint density at radius 1 is 1.54 bits per heavy atom. The monoisotopic (exact) mass is 249 g/mol. The largest absolute Gasteiger partial charge is 0.450 e. The minimum Gasteiger partial charge on any atom is -0.450 e. The Labute approximate surface area is 87.6 Å². The average molecular weight is 250 g/mol. The topological polar surface area (TPSA) is 29.5 Å². The van der Waals surface area contributed by atoms with Gasteiger partial charge >= 0.3 is 6.09 Å². The molecule has 1 aliphatic rings. The third kappa shape index (κ3) is 3.18. The van der Waals surface area contributed by atoms with Gasteiger partial charge in [-0.2, -0.15) is 0 Å². The first kappa shape index (κ1) is 10.8. The quantitative estimate of drug-likeness (QED) is 0.703. The molecule has 0 aliphatic carbocycles. The van der Waals surface area contributed by atoms with Gasteiger partial charge in [-0.1, -0.05) is 15.9 Å². The molecule has 1 fully saturated rings. The maximum atomic E-state index is 11.3. The van der Waals surface area contributed by atoms with Crippen molar-refractivity contribution < 1.29 is 9.53 Å². The molecule has 0 aromatic rings. The molecule has 1 heterocycles. The Balaban J connectivity index is 2.28. The van der Waals surface area contributed by atoms with Crippen LogP contribution in [0.3, 0.4) is 0 Å². The number of alkyl halides is 1.